The molecule has 0 fully saturated rings. The summed E-state index contributed by atoms with van der Waals surface area (Å²) >= 11 is 0. The first kappa shape index (κ1) is 53.2. The van der Waals surface area contributed by atoms with Crippen LogP contribution in [-0.4, -0.2) is 166 Å². The first-order chi connectivity index (χ1) is 28.7. The van der Waals surface area contributed by atoms with Crippen molar-refractivity contribution in [3.05, 3.63) is 35.9 Å². The molecular weight excluding hydrogens is 806 g/mol. The van der Waals surface area contributed by atoms with E-state index in [2.05, 4.69) is 31.9 Å². The zero-order valence-corrected chi connectivity index (χ0v) is 34.2. The van der Waals surface area contributed by atoms with Gasteiger partial charge in [-0.05, 0) is 31.7 Å². The van der Waals surface area contributed by atoms with Crippen molar-refractivity contribution in [2.45, 2.75) is 101 Å². The normalized spacial score (nSPS) is 14.9. The lowest BCUT2D eigenvalue weighted by atomic mass is 10.0. The average molecular weight is 868 g/mol. The number of nitrogens with one attached hydrogen (secondary N) is 6. The summed E-state index contributed by atoms with van der Waals surface area (Å²) in [6.07, 6.45) is -1.68. The van der Waals surface area contributed by atoms with Crippen LogP contribution < -0.4 is 54.8 Å². The van der Waals surface area contributed by atoms with Crippen molar-refractivity contribution in [3.63, 3.8) is 0 Å². The number of hydrogen-bond acceptors (Lipinski definition) is 15. The van der Waals surface area contributed by atoms with E-state index in [-0.39, 0.29) is 32.4 Å². The monoisotopic (exact) mass is 867 g/mol. The van der Waals surface area contributed by atoms with Gasteiger partial charge >= 0.3 is 0 Å². The van der Waals surface area contributed by atoms with E-state index in [4.69, 9.17) is 22.9 Å². The van der Waals surface area contributed by atoms with E-state index in [1.807, 2.05) is 0 Å². The SMILES string of the molecule is CC(=O)N(CC(CC(N)=O)N[C@@H](CO)C(N)=O)C(C(=O)N[C@@H](CO)C(=O)NC(CCC(=O)NCCCCNC(=O)C(Cc1ccccc1)NC(=O)C(N)CO)C(N)=O)C(C)O. The van der Waals surface area contributed by atoms with Crippen molar-refractivity contribution in [1.82, 2.24) is 36.8 Å². The molecule has 0 aromatic heterocycles. The number of hydrogen-bond donors (Lipinski definition) is 14. The number of unbranched alkanes of at least 4 members (excludes halogenated alkanes) is 1. The summed E-state index contributed by atoms with van der Waals surface area (Å²) in [5, 5.41) is 54.1. The number of carbonyl (C=O) groups excluding carboxylic acids is 9. The third-order valence-electron chi connectivity index (χ3n) is 9.10. The van der Waals surface area contributed by atoms with Gasteiger partial charge in [-0.15, -0.1) is 0 Å². The van der Waals surface area contributed by atoms with Gasteiger partial charge in [-0.25, -0.2) is 0 Å². The van der Waals surface area contributed by atoms with Gasteiger partial charge in [0.1, 0.15) is 36.3 Å². The first-order valence-electron chi connectivity index (χ1n) is 19.4. The lowest BCUT2D eigenvalue weighted by Gasteiger charge is -2.36. The van der Waals surface area contributed by atoms with Crippen molar-refractivity contribution in [1.29, 1.82) is 0 Å². The third kappa shape index (κ3) is 19.9. The second-order valence-electron chi connectivity index (χ2n) is 14.2. The highest BCUT2D eigenvalue weighted by Crippen LogP contribution is 2.11. The molecule has 0 radical (unpaired) electrons. The maximum atomic E-state index is 13.4. The van der Waals surface area contributed by atoms with E-state index in [0.29, 0.717) is 12.8 Å². The number of aliphatic hydroxyl groups is 4. The topological polar surface area (TPSA) is 414 Å². The van der Waals surface area contributed by atoms with Gasteiger partial charge in [0.2, 0.25) is 53.2 Å². The van der Waals surface area contributed by atoms with Crippen LogP contribution in [0.5, 0.6) is 0 Å². The lowest BCUT2D eigenvalue weighted by Crippen LogP contribution is -2.62. The maximum Gasteiger partial charge on any atom is 0.246 e. The predicted octanol–water partition coefficient (Wildman–Crippen LogP) is -7.45. The van der Waals surface area contributed by atoms with E-state index in [0.717, 1.165) is 24.3 Å². The van der Waals surface area contributed by atoms with Gasteiger partial charge in [-0.3, -0.25) is 48.5 Å². The van der Waals surface area contributed by atoms with Crippen LogP contribution in [0.3, 0.4) is 0 Å². The Bertz CT molecular complexity index is 1640. The number of amides is 9. The fourth-order valence-corrected chi connectivity index (χ4v) is 5.83. The Morgan fingerprint density at radius 1 is 0.705 bits per heavy atom. The Morgan fingerprint density at radius 2 is 1.26 bits per heavy atom. The summed E-state index contributed by atoms with van der Waals surface area (Å²) in [6.45, 7) is -0.411. The van der Waals surface area contributed by atoms with Gasteiger partial charge in [0.25, 0.3) is 0 Å². The van der Waals surface area contributed by atoms with Crippen LogP contribution in [0.1, 0.15) is 51.5 Å². The van der Waals surface area contributed by atoms with Crippen molar-refractivity contribution in [2.24, 2.45) is 22.9 Å². The molecule has 0 bridgehead atoms. The van der Waals surface area contributed by atoms with Crippen molar-refractivity contribution < 1.29 is 63.6 Å². The first-order valence-corrected chi connectivity index (χ1v) is 19.4. The number of benzene rings is 1. The summed E-state index contributed by atoms with van der Waals surface area (Å²) in [4.78, 5) is 113. The molecule has 24 heteroatoms. The largest absolute Gasteiger partial charge is 0.394 e. The predicted molar refractivity (Wildman–Crippen MR) is 215 cm³/mol. The Kier molecular flexibility index (Phi) is 24.3. The molecule has 18 N–H and O–H groups in total. The molecule has 1 rings (SSSR count). The fraction of sp³-hybridized carbons (Fsp3) is 0.595. The summed E-state index contributed by atoms with van der Waals surface area (Å²) in [6, 6.07) is -0.699. The quantitative estimate of drug-likeness (QED) is 0.0320. The van der Waals surface area contributed by atoms with Crippen LogP contribution in [0.25, 0.3) is 0 Å². The number of nitrogens with zero attached hydrogens (tertiary/aromatic N) is 1. The fourth-order valence-electron chi connectivity index (χ4n) is 5.83. The van der Waals surface area contributed by atoms with Crippen LogP contribution in [-0.2, 0) is 49.6 Å². The summed E-state index contributed by atoms with van der Waals surface area (Å²) in [7, 11) is 0. The van der Waals surface area contributed by atoms with E-state index in [1.54, 1.807) is 30.3 Å². The molecule has 0 spiro atoms. The van der Waals surface area contributed by atoms with E-state index >= 15 is 0 Å². The van der Waals surface area contributed by atoms with Gasteiger partial charge in [-0.2, -0.15) is 0 Å². The smallest absolute Gasteiger partial charge is 0.246 e. The molecule has 1 aromatic carbocycles. The number of carbonyl (C=O) groups is 9. The minimum Gasteiger partial charge on any atom is -0.394 e. The van der Waals surface area contributed by atoms with Crippen molar-refractivity contribution in [3.8, 4) is 0 Å². The van der Waals surface area contributed by atoms with Crippen LogP contribution in [0.15, 0.2) is 30.3 Å². The zero-order valence-electron chi connectivity index (χ0n) is 34.2. The molecule has 8 atom stereocenters. The molecule has 0 aliphatic heterocycles. The van der Waals surface area contributed by atoms with Gasteiger partial charge in [0.05, 0.1) is 25.9 Å². The van der Waals surface area contributed by atoms with Crippen LogP contribution in [0.4, 0.5) is 0 Å². The minimum atomic E-state index is -1.75. The standard InChI is InChI=1S/C37H61N11O13/c1-20(52)31(48(21(2)53)16-23(15-29(39)54)44-27(18-50)33(41)57)37(61)47-28(19-51)36(60)45-25(32(40)56)10-11-30(55)42-12-6-7-13-43-35(59)26(46-34(58)24(38)17-49)14-22-8-4-3-5-9-22/h3-5,8-9,20,23-28,31,44,49-52H,6-7,10-19,38H2,1-2H3,(H2,39,54)(H2,40,56)(H2,41,57)(H,42,55)(H,43,59)(H,45,60)(H,46,58)(H,47,61)/t20?,23?,24?,25?,26?,27-,28-,31?/m0/s1. The molecule has 0 aliphatic rings. The van der Waals surface area contributed by atoms with E-state index < -0.39 is 134 Å². The van der Waals surface area contributed by atoms with Crippen LogP contribution in [0.2, 0.25) is 0 Å². The molecule has 6 unspecified atom stereocenters. The third-order valence-corrected chi connectivity index (χ3v) is 9.10. The number of primary amides is 3. The average Bonchev–Trinajstić information content (AvgIpc) is 3.20. The molecule has 24 nitrogen and oxygen atoms in total. The van der Waals surface area contributed by atoms with E-state index in [1.165, 1.54) is 0 Å². The second kappa shape index (κ2) is 27.9. The lowest BCUT2D eigenvalue weighted by molar-refractivity contribution is -0.145. The summed E-state index contributed by atoms with van der Waals surface area (Å²) in [5.41, 5.74) is 22.3. The van der Waals surface area contributed by atoms with Gasteiger partial charge in [0, 0.05) is 51.9 Å². The van der Waals surface area contributed by atoms with Crippen molar-refractivity contribution >= 4 is 53.2 Å². The molecule has 9 amide bonds. The van der Waals surface area contributed by atoms with Crippen LogP contribution >= 0.6 is 0 Å². The molecule has 0 saturated carbocycles. The number of nitrogens with two attached hydrogens (primary N) is 4. The highest BCUT2D eigenvalue weighted by Gasteiger charge is 2.37. The highest BCUT2D eigenvalue weighted by molar-refractivity contribution is 5.94. The molecule has 342 valence electrons. The summed E-state index contributed by atoms with van der Waals surface area (Å²) < 4.78 is 0. The van der Waals surface area contributed by atoms with E-state index in [9.17, 15) is 63.6 Å². The molecule has 0 aliphatic carbocycles. The molecule has 0 saturated heterocycles. The molecule has 0 heterocycles. The van der Waals surface area contributed by atoms with Gasteiger partial charge in [0.15, 0.2) is 0 Å². The number of rotatable bonds is 30. The van der Waals surface area contributed by atoms with Crippen LogP contribution in [0, 0.1) is 0 Å². The zero-order chi connectivity index (χ0) is 46.2. The molecular formula is C37H61N11O13. The maximum absolute atomic E-state index is 13.4. The van der Waals surface area contributed by atoms with Gasteiger partial charge < -0.3 is 74.8 Å². The molecule has 1 aromatic rings. The Morgan fingerprint density at radius 3 is 1.77 bits per heavy atom. The molecule has 61 heavy (non-hydrogen) atoms. The second-order valence-corrected chi connectivity index (χ2v) is 14.2. The minimum absolute atomic E-state index is 0.171. The summed E-state index contributed by atoms with van der Waals surface area (Å²) in [5.74, 6) is -7.69. The Balaban J connectivity index is 2.78. The van der Waals surface area contributed by atoms with Crippen molar-refractivity contribution in [2.75, 3.05) is 39.5 Å². The highest BCUT2D eigenvalue weighted by atomic mass is 16.3. The number of aliphatic hydroxyl groups excluding tert-OH is 4. The Labute approximate surface area is 352 Å². The van der Waals surface area contributed by atoms with Gasteiger partial charge in [-0.1, -0.05) is 30.3 Å². The Hall–Kier alpha value is -5.79.